The summed E-state index contributed by atoms with van der Waals surface area (Å²) in [7, 11) is 0. The zero-order valence-electron chi connectivity index (χ0n) is 8.30. The third kappa shape index (κ3) is 1.58. The molecular formula is C8H12NNaO2. The van der Waals surface area contributed by atoms with Gasteiger partial charge in [0.05, 0.1) is 0 Å². The largest absolute Gasteiger partial charge is 1.00 e. The summed E-state index contributed by atoms with van der Waals surface area (Å²) >= 11 is 0. The van der Waals surface area contributed by atoms with E-state index < -0.39 is 0 Å². The van der Waals surface area contributed by atoms with E-state index in [0.717, 1.165) is 25.7 Å². The first kappa shape index (κ1) is 10.2. The SMILES string of the molecule is O=C1NC(=O)C2CCCCC12.[H-].[Na+]. The van der Waals surface area contributed by atoms with Crippen molar-refractivity contribution < 1.29 is 40.6 Å². The third-order valence-electron chi connectivity index (χ3n) is 2.69. The van der Waals surface area contributed by atoms with Crippen molar-refractivity contribution in [1.82, 2.24) is 5.32 Å². The molecule has 4 heteroatoms. The number of carbonyl (C=O) groups excluding carboxylic acids is 2. The number of rotatable bonds is 0. The molecule has 1 N–H and O–H groups in total. The van der Waals surface area contributed by atoms with Gasteiger partial charge < -0.3 is 1.43 Å². The normalized spacial score (nSPS) is 33.7. The van der Waals surface area contributed by atoms with E-state index in [9.17, 15) is 9.59 Å². The van der Waals surface area contributed by atoms with Crippen LogP contribution in [0.4, 0.5) is 0 Å². The fourth-order valence-corrected chi connectivity index (χ4v) is 2.07. The van der Waals surface area contributed by atoms with Crippen LogP contribution in [0.2, 0.25) is 0 Å². The minimum Gasteiger partial charge on any atom is -1.00 e. The minimum absolute atomic E-state index is 0. The van der Waals surface area contributed by atoms with Gasteiger partial charge in [0.2, 0.25) is 11.8 Å². The molecule has 12 heavy (non-hydrogen) atoms. The van der Waals surface area contributed by atoms with Crippen LogP contribution in [0.25, 0.3) is 0 Å². The Balaban J connectivity index is 0.000000720. The smallest absolute Gasteiger partial charge is 1.00 e. The van der Waals surface area contributed by atoms with Crippen LogP contribution in [0, 0.1) is 11.8 Å². The molecule has 2 atom stereocenters. The first-order valence-electron chi connectivity index (χ1n) is 4.14. The van der Waals surface area contributed by atoms with E-state index in [1.165, 1.54) is 0 Å². The van der Waals surface area contributed by atoms with Gasteiger partial charge in [-0.1, -0.05) is 12.8 Å². The number of nitrogens with one attached hydrogen (secondary N) is 1. The van der Waals surface area contributed by atoms with E-state index in [0.29, 0.717) is 0 Å². The second kappa shape index (κ2) is 3.90. The molecule has 1 heterocycles. The molecule has 0 aromatic heterocycles. The van der Waals surface area contributed by atoms with Gasteiger partial charge >= 0.3 is 29.6 Å². The van der Waals surface area contributed by atoms with Crippen LogP contribution >= 0.6 is 0 Å². The molecule has 3 nitrogen and oxygen atoms in total. The Labute approximate surface area is 95.1 Å². The van der Waals surface area contributed by atoms with Crippen molar-refractivity contribution in [2.24, 2.45) is 11.8 Å². The molecule has 1 aliphatic heterocycles. The van der Waals surface area contributed by atoms with Gasteiger partial charge in [0.25, 0.3) is 0 Å². The number of fused-ring (bicyclic) bond motifs is 1. The molecule has 62 valence electrons. The number of imide groups is 1. The van der Waals surface area contributed by atoms with E-state index in [2.05, 4.69) is 5.32 Å². The molecule has 0 bridgehead atoms. The second-order valence-electron chi connectivity index (χ2n) is 3.35. The molecule has 2 unspecified atom stereocenters. The number of hydrogen-bond donors (Lipinski definition) is 1. The molecule has 0 aromatic carbocycles. The van der Waals surface area contributed by atoms with Gasteiger partial charge in [-0.3, -0.25) is 14.9 Å². The van der Waals surface area contributed by atoms with Crippen molar-refractivity contribution in [3.05, 3.63) is 0 Å². The predicted octanol–water partition coefficient (Wildman–Crippen LogP) is -2.43. The van der Waals surface area contributed by atoms with Crippen LogP contribution in [-0.2, 0) is 9.59 Å². The Bertz CT molecular complexity index is 200. The summed E-state index contributed by atoms with van der Waals surface area (Å²) in [5.41, 5.74) is 0. The maximum absolute atomic E-state index is 11.1. The van der Waals surface area contributed by atoms with E-state index in [4.69, 9.17) is 0 Å². The van der Waals surface area contributed by atoms with Crippen molar-refractivity contribution in [1.29, 1.82) is 0 Å². The molecule has 2 aliphatic rings. The molecular weight excluding hydrogens is 165 g/mol. The van der Waals surface area contributed by atoms with Crippen molar-refractivity contribution >= 4 is 11.8 Å². The maximum atomic E-state index is 11.1. The van der Waals surface area contributed by atoms with E-state index in [-0.39, 0.29) is 54.6 Å². The average Bonchev–Trinajstić information content (AvgIpc) is 2.30. The summed E-state index contributed by atoms with van der Waals surface area (Å²) in [6, 6.07) is 0. The zero-order valence-corrected chi connectivity index (χ0v) is 9.30. The molecule has 2 rings (SSSR count). The fourth-order valence-electron chi connectivity index (χ4n) is 2.07. The predicted molar refractivity (Wildman–Crippen MR) is 39.7 cm³/mol. The molecule has 0 aromatic rings. The maximum Gasteiger partial charge on any atom is 1.00 e. The van der Waals surface area contributed by atoms with E-state index >= 15 is 0 Å². The second-order valence-corrected chi connectivity index (χ2v) is 3.35. The van der Waals surface area contributed by atoms with Crippen molar-refractivity contribution in [3.8, 4) is 0 Å². The Kier molecular flexibility index (Phi) is 3.32. The minimum atomic E-state index is -0.0419. The van der Waals surface area contributed by atoms with Gasteiger partial charge in [0, 0.05) is 11.8 Å². The Morgan fingerprint density at radius 3 is 1.92 bits per heavy atom. The van der Waals surface area contributed by atoms with Gasteiger partial charge in [-0.25, -0.2) is 0 Å². The van der Waals surface area contributed by atoms with Crippen LogP contribution in [0.3, 0.4) is 0 Å². The van der Waals surface area contributed by atoms with E-state index in [1.54, 1.807) is 0 Å². The Hall–Kier alpha value is 0.140. The van der Waals surface area contributed by atoms with Crippen LogP contribution in [0.1, 0.15) is 27.1 Å². The average molecular weight is 177 g/mol. The number of carbonyl (C=O) groups is 2. The summed E-state index contributed by atoms with van der Waals surface area (Å²) in [6.07, 6.45) is 4.01. The molecule has 0 radical (unpaired) electrons. The first-order valence-corrected chi connectivity index (χ1v) is 4.14. The van der Waals surface area contributed by atoms with Crippen LogP contribution in [0.15, 0.2) is 0 Å². The van der Waals surface area contributed by atoms with Crippen LogP contribution in [0.5, 0.6) is 0 Å². The number of amides is 2. The summed E-state index contributed by atoms with van der Waals surface area (Å²) < 4.78 is 0. The van der Waals surface area contributed by atoms with Crippen molar-refractivity contribution in [2.75, 3.05) is 0 Å². The molecule has 1 saturated carbocycles. The van der Waals surface area contributed by atoms with Gasteiger partial charge in [-0.2, -0.15) is 0 Å². The standard InChI is InChI=1S/C8H11NO2.Na.H/c10-7-5-3-1-2-4-6(5)8(11)9-7;;/h5-6H,1-4H2,(H,9,10,11);;/q;+1;-1. The summed E-state index contributed by atoms with van der Waals surface area (Å²) in [5, 5.41) is 2.38. The van der Waals surface area contributed by atoms with E-state index in [1.807, 2.05) is 0 Å². The quantitative estimate of drug-likeness (QED) is 0.330. The topological polar surface area (TPSA) is 46.2 Å². The molecule has 0 spiro atoms. The third-order valence-corrected chi connectivity index (χ3v) is 2.69. The monoisotopic (exact) mass is 177 g/mol. The van der Waals surface area contributed by atoms with Gasteiger partial charge in [-0.05, 0) is 12.8 Å². The molecule has 1 aliphatic carbocycles. The summed E-state index contributed by atoms with van der Waals surface area (Å²) in [6.45, 7) is 0. The molecule has 2 fully saturated rings. The van der Waals surface area contributed by atoms with Crippen molar-refractivity contribution in [2.45, 2.75) is 25.7 Å². The van der Waals surface area contributed by atoms with Crippen LogP contribution < -0.4 is 34.9 Å². The Morgan fingerprint density at radius 1 is 1.08 bits per heavy atom. The number of hydrogen-bond acceptors (Lipinski definition) is 2. The van der Waals surface area contributed by atoms with Gasteiger partial charge in [-0.15, -0.1) is 0 Å². The summed E-state index contributed by atoms with van der Waals surface area (Å²) in [4.78, 5) is 22.2. The summed E-state index contributed by atoms with van der Waals surface area (Å²) in [5.74, 6) is -0.0631. The van der Waals surface area contributed by atoms with Crippen molar-refractivity contribution in [3.63, 3.8) is 0 Å². The van der Waals surface area contributed by atoms with Gasteiger partial charge in [0.15, 0.2) is 0 Å². The van der Waals surface area contributed by atoms with Gasteiger partial charge in [0.1, 0.15) is 0 Å². The first-order chi connectivity index (χ1) is 5.29. The van der Waals surface area contributed by atoms with Crippen LogP contribution in [-0.4, -0.2) is 11.8 Å². The molecule has 1 saturated heterocycles. The zero-order chi connectivity index (χ0) is 7.84. The molecule has 2 amide bonds. The fraction of sp³-hybridized carbons (Fsp3) is 0.750. The Morgan fingerprint density at radius 2 is 1.50 bits per heavy atom.